The van der Waals surface area contributed by atoms with Crippen LogP contribution < -0.4 is 5.11 Å². The molecule has 0 unspecified atom stereocenters. The minimum absolute atomic E-state index is 0.0920. The van der Waals surface area contributed by atoms with E-state index in [4.69, 9.17) is 0 Å². The van der Waals surface area contributed by atoms with Gasteiger partial charge in [0, 0.05) is 18.8 Å². The monoisotopic (exact) mass is 151 g/mol. The van der Waals surface area contributed by atoms with Crippen LogP contribution in [0.25, 0.3) is 5.57 Å². The number of carbonyl (C=O) groups excluding carboxylic acids is 1. The van der Waals surface area contributed by atoms with Crippen LogP contribution in [0, 0.1) is 0 Å². The molecule has 1 aromatic rings. The summed E-state index contributed by atoms with van der Waals surface area (Å²) in [5.74, 6) is -1.29. The number of hydrogen-bond donors (Lipinski definition) is 0. The zero-order chi connectivity index (χ0) is 8.43. The number of carboxylic acids is 1. The minimum Gasteiger partial charge on any atom is -0.545 e. The first-order chi connectivity index (χ1) is 5.11. The summed E-state index contributed by atoms with van der Waals surface area (Å²) < 4.78 is 1.64. The van der Waals surface area contributed by atoms with Gasteiger partial charge in [-0.3, -0.25) is 0 Å². The quantitative estimate of drug-likeness (QED) is 0.519. The molecule has 1 aromatic heterocycles. The van der Waals surface area contributed by atoms with E-state index in [1.54, 1.807) is 17.8 Å². The van der Waals surface area contributed by atoms with Gasteiger partial charge in [-0.1, -0.05) is 6.58 Å². The summed E-state index contributed by atoms with van der Waals surface area (Å²) in [6, 6.07) is 0. The summed E-state index contributed by atoms with van der Waals surface area (Å²) in [6.45, 7) is 3.30. The van der Waals surface area contributed by atoms with Gasteiger partial charge in [-0.05, 0) is 0 Å². The van der Waals surface area contributed by atoms with Crippen molar-refractivity contribution in [1.82, 2.24) is 9.55 Å². The van der Waals surface area contributed by atoms with Crippen LogP contribution in [-0.2, 0) is 11.8 Å². The van der Waals surface area contributed by atoms with E-state index < -0.39 is 5.97 Å². The minimum atomic E-state index is -1.29. The SMILES string of the molecule is C=C(C(=O)[O-])c1cn(C)cn1. The fourth-order valence-electron chi connectivity index (χ4n) is 0.673. The summed E-state index contributed by atoms with van der Waals surface area (Å²) in [7, 11) is 1.75. The Balaban J connectivity index is 2.94. The van der Waals surface area contributed by atoms with Crippen molar-refractivity contribution in [2.75, 3.05) is 0 Å². The summed E-state index contributed by atoms with van der Waals surface area (Å²) in [5, 5.41) is 10.2. The van der Waals surface area contributed by atoms with E-state index in [-0.39, 0.29) is 5.57 Å². The fourth-order valence-corrected chi connectivity index (χ4v) is 0.673. The highest BCUT2D eigenvalue weighted by Gasteiger charge is 2.01. The second-order valence-electron chi connectivity index (χ2n) is 2.19. The van der Waals surface area contributed by atoms with E-state index in [0.717, 1.165) is 0 Å². The maximum Gasteiger partial charge on any atom is 0.0951 e. The first kappa shape index (κ1) is 7.53. The van der Waals surface area contributed by atoms with Crippen molar-refractivity contribution in [3.63, 3.8) is 0 Å². The number of aliphatic carboxylic acids is 1. The highest BCUT2D eigenvalue weighted by Crippen LogP contribution is 2.06. The molecule has 0 aromatic carbocycles. The van der Waals surface area contributed by atoms with E-state index in [0.29, 0.717) is 5.69 Å². The van der Waals surface area contributed by atoms with Gasteiger partial charge in [-0.25, -0.2) is 4.98 Å². The van der Waals surface area contributed by atoms with Gasteiger partial charge in [0.15, 0.2) is 0 Å². The molecule has 0 aliphatic heterocycles. The second kappa shape index (κ2) is 2.57. The van der Waals surface area contributed by atoms with Crippen molar-refractivity contribution in [2.24, 2.45) is 7.05 Å². The number of aryl methyl sites for hydroxylation is 1. The van der Waals surface area contributed by atoms with E-state index in [1.807, 2.05) is 0 Å². The molecule has 4 heteroatoms. The van der Waals surface area contributed by atoms with Crippen molar-refractivity contribution >= 4 is 11.5 Å². The van der Waals surface area contributed by atoms with Gasteiger partial charge in [-0.2, -0.15) is 0 Å². The van der Waals surface area contributed by atoms with Crippen LogP contribution in [0.3, 0.4) is 0 Å². The molecule has 0 amide bonds. The van der Waals surface area contributed by atoms with Gasteiger partial charge in [0.25, 0.3) is 0 Å². The van der Waals surface area contributed by atoms with Crippen molar-refractivity contribution in [3.05, 3.63) is 24.8 Å². The molecule has 0 radical (unpaired) electrons. The predicted molar refractivity (Wildman–Crippen MR) is 37.2 cm³/mol. The lowest BCUT2D eigenvalue weighted by Crippen LogP contribution is -2.23. The molecule has 0 spiro atoms. The summed E-state index contributed by atoms with van der Waals surface area (Å²) in [6.07, 6.45) is 3.07. The number of hydrogen-bond acceptors (Lipinski definition) is 3. The summed E-state index contributed by atoms with van der Waals surface area (Å²) in [4.78, 5) is 14.0. The van der Waals surface area contributed by atoms with E-state index in [9.17, 15) is 9.90 Å². The van der Waals surface area contributed by atoms with Crippen molar-refractivity contribution in [1.29, 1.82) is 0 Å². The highest BCUT2D eigenvalue weighted by atomic mass is 16.4. The van der Waals surface area contributed by atoms with Crippen LogP contribution in [0.2, 0.25) is 0 Å². The molecule has 4 nitrogen and oxygen atoms in total. The Labute approximate surface area is 63.8 Å². The van der Waals surface area contributed by atoms with Gasteiger partial charge in [-0.15, -0.1) is 0 Å². The smallest absolute Gasteiger partial charge is 0.0951 e. The number of carbonyl (C=O) groups is 1. The third kappa shape index (κ3) is 1.46. The molecule has 0 fully saturated rings. The molecule has 1 rings (SSSR count). The standard InChI is InChI=1S/C7H8N2O2/c1-5(7(10)11)6-3-9(2)4-8-6/h3-4H,1H2,2H3,(H,10,11)/p-1. The van der Waals surface area contributed by atoms with Gasteiger partial charge < -0.3 is 14.5 Å². The Morgan fingerprint density at radius 1 is 1.82 bits per heavy atom. The fraction of sp³-hybridized carbons (Fsp3) is 0.143. The molecule has 0 atom stereocenters. The van der Waals surface area contributed by atoms with Crippen LogP contribution >= 0.6 is 0 Å². The third-order valence-electron chi connectivity index (χ3n) is 1.26. The Bertz CT molecular complexity index is 301. The van der Waals surface area contributed by atoms with E-state index >= 15 is 0 Å². The number of nitrogens with zero attached hydrogens (tertiary/aromatic N) is 2. The molecule has 0 aliphatic carbocycles. The topological polar surface area (TPSA) is 57.9 Å². The van der Waals surface area contributed by atoms with Crippen LogP contribution in [0.5, 0.6) is 0 Å². The lowest BCUT2D eigenvalue weighted by molar-refractivity contribution is -0.295. The molecule has 0 aliphatic rings. The number of carboxylic acid groups (broad SMARTS) is 1. The maximum absolute atomic E-state index is 10.2. The predicted octanol–water partition coefficient (Wildman–Crippen LogP) is -0.817. The van der Waals surface area contributed by atoms with Crippen molar-refractivity contribution in [3.8, 4) is 0 Å². The Kier molecular flexibility index (Phi) is 1.76. The lowest BCUT2D eigenvalue weighted by atomic mass is 10.2. The third-order valence-corrected chi connectivity index (χ3v) is 1.26. The van der Waals surface area contributed by atoms with Crippen LogP contribution in [0.15, 0.2) is 19.1 Å². The van der Waals surface area contributed by atoms with Crippen LogP contribution in [-0.4, -0.2) is 15.5 Å². The van der Waals surface area contributed by atoms with Gasteiger partial charge in [0.2, 0.25) is 0 Å². The van der Waals surface area contributed by atoms with Crippen LogP contribution in [0.1, 0.15) is 5.69 Å². The molecule has 0 saturated heterocycles. The highest BCUT2D eigenvalue weighted by molar-refractivity contribution is 6.12. The Hall–Kier alpha value is -1.58. The lowest BCUT2D eigenvalue weighted by Gasteiger charge is -2.00. The molecule has 0 saturated carbocycles. The number of rotatable bonds is 2. The van der Waals surface area contributed by atoms with Gasteiger partial charge >= 0.3 is 0 Å². The van der Waals surface area contributed by atoms with E-state index in [2.05, 4.69) is 11.6 Å². The normalized spacial score (nSPS) is 9.55. The largest absolute Gasteiger partial charge is 0.545 e. The van der Waals surface area contributed by atoms with Crippen molar-refractivity contribution < 1.29 is 9.90 Å². The molecular formula is C7H7N2O2-. The zero-order valence-electron chi connectivity index (χ0n) is 6.07. The first-order valence-electron chi connectivity index (χ1n) is 3.00. The average Bonchev–Trinajstić information content (AvgIpc) is 2.34. The first-order valence-corrected chi connectivity index (χ1v) is 3.00. The molecular weight excluding hydrogens is 144 g/mol. The van der Waals surface area contributed by atoms with Gasteiger partial charge in [0.1, 0.15) is 0 Å². The molecule has 1 heterocycles. The number of aromatic nitrogens is 2. The molecule has 0 N–H and O–H groups in total. The van der Waals surface area contributed by atoms with E-state index in [1.165, 1.54) is 6.33 Å². The zero-order valence-corrected chi connectivity index (χ0v) is 6.07. The second-order valence-corrected chi connectivity index (χ2v) is 2.19. The molecule has 0 bridgehead atoms. The molecule has 58 valence electrons. The summed E-state index contributed by atoms with van der Waals surface area (Å²) >= 11 is 0. The van der Waals surface area contributed by atoms with Crippen LogP contribution in [0.4, 0.5) is 0 Å². The Morgan fingerprint density at radius 3 is 2.82 bits per heavy atom. The Morgan fingerprint density at radius 2 is 2.45 bits per heavy atom. The van der Waals surface area contributed by atoms with Gasteiger partial charge in [0.05, 0.1) is 18.0 Å². The van der Waals surface area contributed by atoms with Crippen molar-refractivity contribution in [2.45, 2.75) is 0 Å². The average molecular weight is 151 g/mol. The molecule has 11 heavy (non-hydrogen) atoms. The number of imidazole rings is 1. The maximum atomic E-state index is 10.2. The summed E-state index contributed by atoms with van der Waals surface area (Å²) in [5.41, 5.74) is 0.248.